The number of carbonyl (C=O) groups excluding carboxylic acids is 1. The molecule has 1 aliphatic heterocycles. The van der Waals surface area contributed by atoms with Crippen molar-refractivity contribution in [2.75, 3.05) is 26.7 Å². The van der Waals surface area contributed by atoms with Gasteiger partial charge in [0.15, 0.2) is 0 Å². The highest BCUT2D eigenvalue weighted by molar-refractivity contribution is 5.85. The van der Waals surface area contributed by atoms with Gasteiger partial charge >= 0.3 is 0 Å². The van der Waals surface area contributed by atoms with Crippen LogP contribution in [0.2, 0.25) is 0 Å². The molecule has 0 saturated carbocycles. The van der Waals surface area contributed by atoms with Crippen molar-refractivity contribution in [2.45, 2.75) is 19.5 Å². The first-order chi connectivity index (χ1) is 14.2. The Balaban J connectivity index is 0.00000256. The molecule has 1 unspecified atom stereocenters. The van der Waals surface area contributed by atoms with Gasteiger partial charge in [0.05, 0.1) is 13.2 Å². The average Bonchev–Trinajstić information content (AvgIpc) is 3.22. The molecule has 1 aromatic heterocycles. The highest BCUT2D eigenvalue weighted by Crippen LogP contribution is 2.30. The van der Waals surface area contributed by atoms with E-state index in [1.54, 1.807) is 7.11 Å². The molecule has 0 aliphatic carbocycles. The van der Waals surface area contributed by atoms with Crippen LogP contribution in [0.1, 0.15) is 17.2 Å². The van der Waals surface area contributed by atoms with E-state index in [4.69, 9.17) is 4.74 Å². The summed E-state index contributed by atoms with van der Waals surface area (Å²) in [5, 5.41) is 15.9. The van der Waals surface area contributed by atoms with Gasteiger partial charge in [-0.25, -0.2) is 0 Å². The average molecular weight is 429 g/mol. The summed E-state index contributed by atoms with van der Waals surface area (Å²) >= 11 is 0. The zero-order valence-electron chi connectivity index (χ0n) is 17.0. The number of hydrogen-bond acceptors (Lipinski definition) is 6. The first-order valence-corrected chi connectivity index (χ1v) is 9.63. The van der Waals surface area contributed by atoms with E-state index in [2.05, 4.69) is 20.7 Å². The first kappa shape index (κ1) is 21.7. The summed E-state index contributed by atoms with van der Waals surface area (Å²) in [6.45, 7) is 4.10. The van der Waals surface area contributed by atoms with Gasteiger partial charge in [0.2, 0.25) is 11.7 Å². The van der Waals surface area contributed by atoms with Gasteiger partial charge in [0.25, 0.3) is 0 Å². The van der Waals surface area contributed by atoms with E-state index >= 15 is 0 Å². The van der Waals surface area contributed by atoms with Crippen LogP contribution in [0.15, 0.2) is 48.5 Å². The molecule has 9 heteroatoms. The molecule has 0 bridgehead atoms. The number of carbonyl (C=O) groups is 1. The lowest BCUT2D eigenvalue weighted by Crippen LogP contribution is -2.49. The second kappa shape index (κ2) is 9.69. The van der Waals surface area contributed by atoms with E-state index < -0.39 is 0 Å². The minimum atomic E-state index is -0.104. The molecule has 0 radical (unpaired) electrons. The van der Waals surface area contributed by atoms with Crippen LogP contribution in [-0.4, -0.2) is 57.8 Å². The quantitative estimate of drug-likeness (QED) is 0.671. The molecule has 3 aromatic rings. The third-order valence-corrected chi connectivity index (χ3v) is 5.10. The van der Waals surface area contributed by atoms with Crippen LogP contribution in [-0.2, 0) is 11.3 Å². The molecule has 0 spiro atoms. The van der Waals surface area contributed by atoms with E-state index in [1.165, 1.54) is 4.80 Å². The highest BCUT2D eigenvalue weighted by Gasteiger charge is 2.30. The summed E-state index contributed by atoms with van der Waals surface area (Å²) in [5.74, 6) is 1.24. The van der Waals surface area contributed by atoms with E-state index in [0.29, 0.717) is 18.9 Å². The van der Waals surface area contributed by atoms with Gasteiger partial charge in [0, 0.05) is 30.8 Å². The van der Waals surface area contributed by atoms with E-state index in [1.807, 2.05) is 60.4 Å². The molecule has 1 saturated heterocycles. The van der Waals surface area contributed by atoms with Crippen molar-refractivity contribution < 1.29 is 9.53 Å². The van der Waals surface area contributed by atoms with Gasteiger partial charge in [-0.1, -0.05) is 48.0 Å². The summed E-state index contributed by atoms with van der Waals surface area (Å²) < 4.78 is 5.50. The second-order valence-electron chi connectivity index (χ2n) is 7.06. The van der Waals surface area contributed by atoms with E-state index in [0.717, 1.165) is 29.0 Å². The molecule has 30 heavy (non-hydrogen) atoms. The Labute approximate surface area is 181 Å². The zero-order chi connectivity index (χ0) is 20.2. The Morgan fingerprint density at radius 3 is 2.73 bits per heavy atom. The van der Waals surface area contributed by atoms with Crippen molar-refractivity contribution in [1.82, 2.24) is 30.4 Å². The molecule has 4 rings (SSSR count). The SMILES string of the molecule is COc1ccccc1C1CNCCN1C(=O)Cn1nnc(-c2ccc(C)cc2)n1.Cl. The van der Waals surface area contributed by atoms with Crippen molar-refractivity contribution in [3.63, 3.8) is 0 Å². The van der Waals surface area contributed by atoms with Crippen molar-refractivity contribution in [3.05, 3.63) is 59.7 Å². The smallest absolute Gasteiger partial charge is 0.246 e. The number of nitrogens with zero attached hydrogens (tertiary/aromatic N) is 5. The van der Waals surface area contributed by atoms with Crippen molar-refractivity contribution in [3.8, 4) is 17.1 Å². The standard InChI is InChI=1S/C21H24N6O2.ClH/c1-15-7-9-16(10-8-15)21-23-25-27(24-21)14-20(28)26-12-11-22-13-18(26)17-5-3-4-6-19(17)29-2;/h3-10,18,22H,11-14H2,1-2H3;1H. The second-order valence-corrected chi connectivity index (χ2v) is 7.06. The Morgan fingerprint density at radius 1 is 1.20 bits per heavy atom. The lowest BCUT2D eigenvalue weighted by Gasteiger charge is -2.37. The van der Waals surface area contributed by atoms with Crippen LogP contribution >= 0.6 is 12.4 Å². The highest BCUT2D eigenvalue weighted by atomic mass is 35.5. The molecule has 1 aliphatic rings. The number of para-hydroxylation sites is 1. The fourth-order valence-electron chi connectivity index (χ4n) is 3.56. The first-order valence-electron chi connectivity index (χ1n) is 9.63. The maximum atomic E-state index is 13.1. The predicted molar refractivity (Wildman–Crippen MR) is 116 cm³/mol. The van der Waals surface area contributed by atoms with E-state index in [-0.39, 0.29) is 30.9 Å². The fourth-order valence-corrected chi connectivity index (χ4v) is 3.56. The topological polar surface area (TPSA) is 85.2 Å². The van der Waals surface area contributed by atoms with Crippen molar-refractivity contribution in [1.29, 1.82) is 0 Å². The van der Waals surface area contributed by atoms with Crippen LogP contribution in [0, 0.1) is 6.92 Å². The summed E-state index contributed by atoms with van der Waals surface area (Å²) in [6, 6.07) is 15.6. The maximum absolute atomic E-state index is 13.1. The Morgan fingerprint density at radius 2 is 1.97 bits per heavy atom. The Kier molecular flexibility index (Phi) is 7.02. The summed E-state index contributed by atoms with van der Waals surface area (Å²) in [7, 11) is 1.65. The Bertz CT molecular complexity index is 991. The third kappa shape index (κ3) is 4.60. The molecule has 2 heterocycles. The molecule has 158 valence electrons. The van der Waals surface area contributed by atoms with Crippen molar-refractivity contribution >= 4 is 18.3 Å². The number of methoxy groups -OCH3 is 1. The number of hydrogen-bond donors (Lipinski definition) is 1. The van der Waals surface area contributed by atoms with Gasteiger partial charge in [-0.15, -0.1) is 22.6 Å². The van der Waals surface area contributed by atoms with Crippen LogP contribution in [0.5, 0.6) is 5.75 Å². The lowest BCUT2D eigenvalue weighted by molar-refractivity contribution is -0.135. The van der Waals surface area contributed by atoms with Gasteiger partial charge in [-0.3, -0.25) is 4.79 Å². The van der Waals surface area contributed by atoms with Gasteiger partial charge in [-0.05, 0) is 18.2 Å². The zero-order valence-corrected chi connectivity index (χ0v) is 17.8. The monoisotopic (exact) mass is 428 g/mol. The molecule has 1 atom stereocenters. The summed E-state index contributed by atoms with van der Waals surface area (Å²) in [6.07, 6.45) is 0. The number of rotatable bonds is 5. The number of benzene rings is 2. The molecule has 1 N–H and O–H groups in total. The lowest BCUT2D eigenvalue weighted by atomic mass is 10.0. The van der Waals surface area contributed by atoms with Crippen LogP contribution < -0.4 is 10.1 Å². The molecule has 1 fully saturated rings. The number of aryl methyl sites for hydroxylation is 1. The fraction of sp³-hybridized carbons (Fsp3) is 0.333. The number of nitrogens with one attached hydrogen (secondary N) is 1. The number of amides is 1. The third-order valence-electron chi connectivity index (χ3n) is 5.10. The largest absolute Gasteiger partial charge is 0.496 e. The summed E-state index contributed by atoms with van der Waals surface area (Å²) in [5.41, 5.74) is 3.03. The van der Waals surface area contributed by atoms with Gasteiger partial charge in [-0.2, -0.15) is 4.80 Å². The molecule has 8 nitrogen and oxygen atoms in total. The minimum absolute atomic E-state index is 0. The maximum Gasteiger partial charge on any atom is 0.246 e. The Hall–Kier alpha value is -2.97. The predicted octanol–water partition coefficient (Wildman–Crippen LogP) is 2.25. The van der Waals surface area contributed by atoms with Crippen LogP contribution in [0.25, 0.3) is 11.4 Å². The minimum Gasteiger partial charge on any atom is -0.496 e. The van der Waals surface area contributed by atoms with Gasteiger partial charge < -0.3 is 15.0 Å². The van der Waals surface area contributed by atoms with E-state index in [9.17, 15) is 4.79 Å². The van der Waals surface area contributed by atoms with Crippen LogP contribution in [0.4, 0.5) is 0 Å². The number of halogens is 1. The normalized spacial score (nSPS) is 16.1. The molecular weight excluding hydrogens is 404 g/mol. The number of piperazine rings is 1. The molecule has 1 amide bonds. The van der Waals surface area contributed by atoms with Gasteiger partial charge in [0.1, 0.15) is 12.3 Å². The van der Waals surface area contributed by atoms with Crippen LogP contribution in [0.3, 0.4) is 0 Å². The summed E-state index contributed by atoms with van der Waals surface area (Å²) in [4.78, 5) is 16.3. The van der Waals surface area contributed by atoms with Crippen molar-refractivity contribution in [2.24, 2.45) is 0 Å². The number of ether oxygens (including phenoxy) is 1. The number of tetrazole rings is 1. The molecule has 2 aromatic carbocycles. The molecular formula is C21H25ClN6O2. The number of aromatic nitrogens is 4.